The first-order valence-corrected chi connectivity index (χ1v) is 7.77. The highest BCUT2D eigenvalue weighted by Gasteiger charge is 2.12. The average molecular weight is 363 g/mol. The van der Waals surface area contributed by atoms with Gasteiger partial charge in [-0.2, -0.15) is 5.10 Å². The van der Waals surface area contributed by atoms with Crippen LogP contribution in [0.5, 0.6) is 17.2 Å². The third kappa shape index (κ3) is 4.42. The van der Waals surface area contributed by atoms with E-state index in [1.54, 1.807) is 24.3 Å². The number of hydrogen-bond donors (Lipinski definition) is 1. The minimum atomic E-state index is -0.375. The first kappa shape index (κ1) is 18.6. The van der Waals surface area contributed by atoms with Gasteiger partial charge in [0.05, 0.1) is 38.1 Å². The molecular formula is C18H19ClN2O4. The van der Waals surface area contributed by atoms with Gasteiger partial charge in [0.15, 0.2) is 11.5 Å². The predicted octanol–water partition coefficient (Wildman–Crippen LogP) is 3.44. The Morgan fingerprint density at radius 1 is 1.08 bits per heavy atom. The highest BCUT2D eigenvalue weighted by molar-refractivity contribution is 6.32. The summed E-state index contributed by atoms with van der Waals surface area (Å²) in [5.74, 6) is 1.03. The van der Waals surface area contributed by atoms with Crippen molar-refractivity contribution in [1.82, 2.24) is 5.43 Å². The summed E-state index contributed by atoms with van der Waals surface area (Å²) < 4.78 is 15.6. The fraction of sp³-hybridized carbons (Fsp3) is 0.222. The van der Waals surface area contributed by atoms with E-state index in [9.17, 15) is 4.79 Å². The predicted molar refractivity (Wildman–Crippen MR) is 97.3 cm³/mol. The molecule has 0 heterocycles. The number of nitrogens with one attached hydrogen (secondary N) is 1. The lowest BCUT2D eigenvalue weighted by Crippen LogP contribution is -2.18. The normalized spacial score (nSPS) is 10.6. The van der Waals surface area contributed by atoms with Gasteiger partial charge in [0, 0.05) is 0 Å². The molecule has 2 rings (SSSR count). The molecule has 0 aromatic heterocycles. The third-order valence-corrected chi connectivity index (χ3v) is 3.72. The number of benzene rings is 2. The summed E-state index contributed by atoms with van der Waals surface area (Å²) >= 11 is 6.13. The number of amides is 1. The van der Waals surface area contributed by atoms with Gasteiger partial charge in [-0.3, -0.25) is 4.79 Å². The van der Waals surface area contributed by atoms with Crippen LogP contribution in [0.4, 0.5) is 0 Å². The van der Waals surface area contributed by atoms with E-state index in [1.165, 1.54) is 27.5 Å². The first-order valence-electron chi connectivity index (χ1n) is 7.39. The molecule has 0 aliphatic heterocycles. The fourth-order valence-electron chi connectivity index (χ4n) is 2.22. The van der Waals surface area contributed by atoms with Crippen LogP contribution in [0.2, 0.25) is 5.02 Å². The van der Waals surface area contributed by atoms with Crippen LogP contribution in [0.25, 0.3) is 0 Å². The number of nitrogens with zero attached hydrogens (tertiary/aromatic N) is 1. The van der Waals surface area contributed by atoms with Crippen LogP contribution in [0, 0.1) is 6.92 Å². The lowest BCUT2D eigenvalue weighted by atomic mass is 10.1. The lowest BCUT2D eigenvalue weighted by Gasteiger charge is -2.10. The van der Waals surface area contributed by atoms with Crippen molar-refractivity contribution < 1.29 is 19.0 Å². The number of methoxy groups -OCH3 is 3. The van der Waals surface area contributed by atoms with E-state index in [-0.39, 0.29) is 5.91 Å². The minimum absolute atomic E-state index is 0.375. The molecule has 0 unspecified atom stereocenters. The van der Waals surface area contributed by atoms with Gasteiger partial charge in [-0.05, 0) is 42.3 Å². The molecule has 1 N–H and O–H groups in total. The molecule has 0 saturated heterocycles. The highest BCUT2D eigenvalue weighted by Crippen LogP contribution is 2.35. The number of rotatable bonds is 6. The second-order valence-electron chi connectivity index (χ2n) is 5.14. The van der Waals surface area contributed by atoms with Gasteiger partial charge in [0.2, 0.25) is 0 Å². The van der Waals surface area contributed by atoms with Crippen molar-refractivity contribution in [1.29, 1.82) is 0 Å². The van der Waals surface area contributed by atoms with Crippen LogP contribution in [0.3, 0.4) is 0 Å². The van der Waals surface area contributed by atoms with Gasteiger partial charge in [0.1, 0.15) is 5.75 Å². The first-order chi connectivity index (χ1) is 12.0. The smallest absolute Gasteiger partial charge is 0.275 e. The summed E-state index contributed by atoms with van der Waals surface area (Å²) in [5.41, 5.74) is 4.51. The van der Waals surface area contributed by atoms with E-state index in [0.29, 0.717) is 33.4 Å². The lowest BCUT2D eigenvalue weighted by molar-refractivity contribution is 0.0952. The summed E-state index contributed by atoms with van der Waals surface area (Å²) in [6.07, 6.45) is 1.46. The maximum atomic E-state index is 12.2. The Labute approximate surface area is 151 Å². The average Bonchev–Trinajstić information content (AvgIpc) is 2.60. The third-order valence-electron chi connectivity index (χ3n) is 3.44. The van der Waals surface area contributed by atoms with Crippen molar-refractivity contribution in [3.05, 3.63) is 52.0 Å². The van der Waals surface area contributed by atoms with Crippen LogP contribution < -0.4 is 19.6 Å². The molecule has 2 aromatic carbocycles. The minimum Gasteiger partial charge on any atom is -0.496 e. The molecule has 6 nitrogen and oxygen atoms in total. The van der Waals surface area contributed by atoms with Gasteiger partial charge in [0.25, 0.3) is 5.91 Å². The SMILES string of the molecule is COc1cc(C)ccc1C(=O)NN=Cc1cc(Cl)c(OC)c(OC)c1. The Hall–Kier alpha value is -2.73. The summed E-state index contributed by atoms with van der Waals surface area (Å²) in [6, 6.07) is 8.66. The number of halogens is 1. The maximum absolute atomic E-state index is 12.2. The molecule has 0 atom stereocenters. The second-order valence-corrected chi connectivity index (χ2v) is 5.55. The Morgan fingerprint density at radius 3 is 2.44 bits per heavy atom. The van der Waals surface area contributed by atoms with E-state index < -0.39 is 0 Å². The van der Waals surface area contributed by atoms with Crippen molar-refractivity contribution in [3.63, 3.8) is 0 Å². The van der Waals surface area contributed by atoms with Crippen LogP contribution in [0.1, 0.15) is 21.5 Å². The Kier molecular flexibility index (Phi) is 6.25. The summed E-state index contributed by atoms with van der Waals surface area (Å²) in [5, 5.41) is 4.34. The Balaban J connectivity index is 2.16. The zero-order valence-corrected chi connectivity index (χ0v) is 15.2. The van der Waals surface area contributed by atoms with Crippen molar-refractivity contribution >= 4 is 23.7 Å². The Bertz CT molecular complexity index is 806. The molecular weight excluding hydrogens is 344 g/mol. The van der Waals surface area contributed by atoms with Crippen molar-refractivity contribution in [3.8, 4) is 17.2 Å². The van der Waals surface area contributed by atoms with Crippen LogP contribution in [-0.2, 0) is 0 Å². The van der Waals surface area contributed by atoms with Crippen LogP contribution in [0.15, 0.2) is 35.4 Å². The number of carbonyl (C=O) groups is 1. The van der Waals surface area contributed by atoms with Gasteiger partial charge >= 0.3 is 0 Å². The number of hydrogen-bond acceptors (Lipinski definition) is 5. The number of hydrazone groups is 1. The largest absolute Gasteiger partial charge is 0.496 e. The van der Waals surface area contributed by atoms with E-state index in [1.807, 2.05) is 13.0 Å². The molecule has 0 spiro atoms. The Morgan fingerprint density at radius 2 is 1.80 bits per heavy atom. The monoisotopic (exact) mass is 362 g/mol. The van der Waals surface area contributed by atoms with E-state index in [4.69, 9.17) is 25.8 Å². The molecule has 0 bridgehead atoms. The second kappa shape index (κ2) is 8.39. The van der Waals surface area contributed by atoms with Crippen LogP contribution in [-0.4, -0.2) is 33.5 Å². The molecule has 25 heavy (non-hydrogen) atoms. The molecule has 0 fully saturated rings. The van der Waals surface area contributed by atoms with Gasteiger partial charge in [-0.1, -0.05) is 17.7 Å². The zero-order chi connectivity index (χ0) is 18.4. The molecule has 0 aliphatic rings. The molecule has 1 amide bonds. The molecule has 7 heteroatoms. The van der Waals surface area contributed by atoms with Gasteiger partial charge < -0.3 is 14.2 Å². The molecule has 0 radical (unpaired) electrons. The molecule has 0 aliphatic carbocycles. The number of carbonyl (C=O) groups excluding carboxylic acids is 1. The quantitative estimate of drug-likeness (QED) is 0.631. The van der Waals surface area contributed by atoms with Crippen molar-refractivity contribution in [2.75, 3.05) is 21.3 Å². The summed E-state index contributed by atoms with van der Waals surface area (Å²) in [6.45, 7) is 1.92. The van der Waals surface area contributed by atoms with Crippen LogP contribution >= 0.6 is 11.6 Å². The van der Waals surface area contributed by atoms with Crippen molar-refractivity contribution in [2.45, 2.75) is 6.92 Å². The molecule has 2 aromatic rings. The van der Waals surface area contributed by atoms with E-state index in [2.05, 4.69) is 10.5 Å². The summed E-state index contributed by atoms with van der Waals surface area (Å²) in [4.78, 5) is 12.2. The van der Waals surface area contributed by atoms with E-state index >= 15 is 0 Å². The summed E-state index contributed by atoms with van der Waals surface area (Å²) in [7, 11) is 4.54. The van der Waals surface area contributed by atoms with Gasteiger partial charge in [-0.15, -0.1) is 0 Å². The van der Waals surface area contributed by atoms with Crippen molar-refractivity contribution in [2.24, 2.45) is 5.10 Å². The maximum Gasteiger partial charge on any atom is 0.275 e. The highest BCUT2D eigenvalue weighted by atomic mass is 35.5. The van der Waals surface area contributed by atoms with E-state index in [0.717, 1.165) is 5.56 Å². The standard InChI is InChI=1S/C18H19ClN2O4/c1-11-5-6-13(15(7-11)23-2)18(22)21-20-10-12-8-14(19)17(25-4)16(9-12)24-3/h5-10H,1-4H3,(H,21,22). The topological polar surface area (TPSA) is 69.2 Å². The van der Waals surface area contributed by atoms with Gasteiger partial charge in [-0.25, -0.2) is 5.43 Å². The fourth-order valence-corrected chi connectivity index (χ4v) is 2.52. The molecule has 132 valence electrons. The molecule has 0 saturated carbocycles. The number of ether oxygens (including phenoxy) is 3. The number of aryl methyl sites for hydroxylation is 1. The zero-order valence-electron chi connectivity index (χ0n) is 14.4.